The highest BCUT2D eigenvalue weighted by molar-refractivity contribution is 5.62. The first-order chi connectivity index (χ1) is 16.5. The van der Waals surface area contributed by atoms with Crippen molar-refractivity contribution in [3.8, 4) is 17.2 Å². The van der Waals surface area contributed by atoms with Crippen molar-refractivity contribution >= 4 is 6.21 Å². The molecule has 0 bridgehead atoms. The molecule has 1 aliphatic rings. The van der Waals surface area contributed by atoms with E-state index >= 15 is 0 Å². The van der Waals surface area contributed by atoms with E-state index in [0.717, 1.165) is 29.8 Å². The molecule has 172 valence electrons. The maximum absolute atomic E-state index is 14.3. The van der Waals surface area contributed by atoms with Crippen LogP contribution in [0.4, 0.5) is 8.78 Å². The van der Waals surface area contributed by atoms with Crippen molar-refractivity contribution in [1.82, 2.24) is 34.9 Å². The molecule has 10 heteroatoms. The quantitative estimate of drug-likeness (QED) is 0.428. The minimum atomic E-state index is -0.664. The molecule has 3 aromatic heterocycles. The molecule has 0 saturated carbocycles. The highest BCUT2D eigenvalue weighted by atomic mass is 19.1. The van der Waals surface area contributed by atoms with Gasteiger partial charge in [-0.3, -0.25) is 0 Å². The summed E-state index contributed by atoms with van der Waals surface area (Å²) in [5.74, 6) is -0.272. The summed E-state index contributed by atoms with van der Waals surface area (Å²) in [5, 5.41) is 20.2. The Morgan fingerprint density at radius 1 is 1.12 bits per heavy atom. The third-order valence-electron chi connectivity index (χ3n) is 6.10. The van der Waals surface area contributed by atoms with Crippen LogP contribution in [-0.4, -0.2) is 41.1 Å². The van der Waals surface area contributed by atoms with Crippen LogP contribution in [0.5, 0.6) is 0 Å². The molecule has 0 spiro atoms. The summed E-state index contributed by atoms with van der Waals surface area (Å²) < 4.78 is 30.2. The highest BCUT2D eigenvalue weighted by Gasteiger charge is 2.30. The van der Waals surface area contributed by atoms with Crippen LogP contribution in [0.3, 0.4) is 0 Å². The number of nitrogens with one attached hydrogen (secondary N) is 1. The van der Waals surface area contributed by atoms with E-state index in [-0.39, 0.29) is 23.1 Å². The first kappa shape index (κ1) is 21.9. The van der Waals surface area contributed by atoms with Gasteiger partial charge in [0.15, 0.2) is 5.82 Å². The van der Waals surface area contributed by atoms with Crippen molar-refractivity contribution in [3.63, 3.8) is 0 Å². The van der Waals surface area contributed by atoms with E-state index in [1.807, 2.05) is 6.07 Å². The van der Waals surface area contributed by atoms with Gasteiger partial charge in [-0.25, -0.2) is 23.7 Å². The summed E-state index contributed by atoms with van der Waals surface area (Å²) in [5.41, 5.74) is 2.47. The van der Waals surface area contributed by atoms with Crippen molar-refractivity contribution < 1.29 is 8.78 Å². The lowest BCUT2D eigenvalue weighted by molar-refractivity contribution is 0.517. The molecule has 0 aliphatic heterocycles. The standard InChI is InChI=1S/C24H22F2N8/c1-14-7-8-15(19-9-11-28-24(30-19)34-13-29-21(33-34)6-3-10-27)23-16(14)12-20(31-32-23)22-17(25)4-2-5-18(22)26/h2,4-5,9-15,27H,3,6-8H2,1H3/t14-,15?/m0/s1. The lowest BCUT2D eigenvalue weighted by Crippen LogP contribution is -2.19. The van der Waals surface area contributed by atoms with E-state index in [2.05, 4.69) is 32.2 Å². The minimum Gasteiger partial charge on any atom is -0.313 e. The molecule has 2 atom stereocenters. The Hall–Kier alpha value is -3.95. The van der Waals surface area contributed by atoms with Crippen LogP contribution in [0.15, 0.2) is 42.9 Å². The molecule has 0 fully saturated rings. The third-order valence-corrected chi connectivity index (χ3v) is 6.10. The molecular weight excluding hydrogens is 438 g/mol. The van der Waals surface area contributed by atoms with Gasteiger partial charge in [-0.05, 0) is 61.2 Å². The first-order valence-electron chi connectivity index (χ1n) is 11.1. The Balaban J connectivity index is 1.50. The number of aromatic nitrogens is 7. The number of hydrogen-bond donors (Lipinski definition) is 1. The van der Waals surface area contributed by atoms with Crippen LogP contribution in [0.1, 0.15) is 60.8 Å². The summed E-state index contributed by atoms with van der Waals surface area (Å²) in [6.45, 7) is 2.08. The van der Waals surface area contributed by atoms with Crippen LogP contribution in [-0.2, 0) is 6.42 Å². The van der Waals surface area contributed by atoms with Crippen LogP contribution in [0.25, 0.3) is 17.2 Å². The summed E-state index contributed by atoms with van der Waals surface area (Å²) in [4.78, 5) is 13.3. The van der Waals surface area contributed by atoms with E-state index in [9.17, 15) is 8.78 Å². The number of nitrogens with zero attached hydrogens (tertiary/aromatic N) is 7. The lowest BCUT2D eigenvalue weighted by Gasteiger charge is -2.28. The molecule has 4 aromatic rings. The number of rotatable bonds is 6. The van der Waals surface area contributed by atoms with Gasteiger partial charge >= 0.3 is 0 Å². The molecule has 1 aliphatic carbocycles. The smallest absolute Gasteiger partial charge is 0.252 e. The van der Waals surface area contributed by atoms with E-state index < -0.39 is 11.6 Å². The monoisotopic (exact) mass is 460 g/mol. The number of halogens is 2. The predicted octanol–water partition coefficient (Wildman–Crippen LogP) is 4.40. The summed E-state index contributed by atoms with van der Waals surface area (Å²) >= 11 is 0. The fourth-order valence-electron chi connectivity index (χ4n) is 4.32. The van der Waals surface area contributed by atoms with Gasteiger partial charge < -0.3 is 5.41 Å². The zero-order chi connectivity index (χ0) is 23.7. The minimum absolute atomic E-state index is 0.124. The topological polar surface area (TPSA) is 106 Å². The molecular formula is C24H22F2N8. The van der Waals surface area contributed by atoms with Gasteiger partial charge in [0.05, 0.1) is 22.6 Å². The van der Waals surface area contributed by atoms with Crippen molar-refractivity contribution in [1.29, 1.82) is 5.41 Å². The Morgan fingerprint density at radius 3 is 2.74 bits per heavy atom. The van der Waals surface area contributed by atoms with Crippen molar-refractivity contribution in [3.05, 3.63) is 77.3 Å². The fraction of sp³-hybridized carbons (Fsp3) is 0.292. The van der Waals surface area contributed by atoms with Crippen LogP contribution in [0, 0.1) is 17.0 Å². The van der Waals surface area contributed by atoms with Gasteiger partial charge in [0.1, 0.15) is 18.0 Å². The van der Waals surface area contributed by atoms with Crippen LogP contribution >= 0.6 is 0 Å². The number of benzene rings is 1. The largest absolute Gasteiger partial charge is 0.313 e. The second-order valence-corrected chi connectivity index (χ2v) is 8.33. The van der Waals surface area contributed by atoms with E-state index in [0.29, 0.717) is 24.6 Å². The molecule has 3 heterocycles. The van der Waals surface area contributed by atoms with E-state index in [4.69, 9.17) is 10.4 Å². The third kappa shape index (κ3) is 4.07. The Bertz CT molecular complexity index is 1330. The molecule has 0 amide bonds. The van der Waals surface area contributed by atoms with Gasteiger partial charge in [-0.15, -0.1) is 10.2 Å². The van der Waals surface area contributed by atoms with Crippen molar-refractivity contribution in [2.45, 2.75) is 44.4 Å². The number of hydrogen-bond acceptors (Lipinski definition) is 7. The van der Waals surface area contributed by atoms with Crippen LogP contribution < -0.4 is 0 Å². The predicted molar refractivity (Wildman–Crippen MR) is 121 cm³/mol. The summed E-state index contributed by atoms with van der Waals surface area (Å²) in [7, 11) is 0. The maximum atomic E-state index is 14.3. The van der Waals surface area contributed by atoms with Gasteiger partial charge in [-0.1, -0.05) is 13.0 Å². The van der Waals surface area contributed by atoms with Crippen molar-refractivity contribution in [2.24, 2.45) is 0 Å². The van der Waals surface area contributed by atoms with Gasteiger partial charge in [0.25, 0.3) is 5.95 Å². The molecule has 0 radical (unpaired) electrons. The molecule has 0 saturated heterocycles. The molecule has 1 aromatic carbocycles. The molecule has 8 nitrogen and oxygen atoms in total. The molecule has 5 rings (SSSR count). The average Bonchev–Trinajstić information content (AvgIpc) is 3.32. The van der Waals surface area contributed by atoms with Crippen molar-refractivity contribution in [2.75, 3.05) is 0 Å². The summed E-state index contributed by atoms with van der Waals surface area (Å²) in [6.07, 6.45) is 7.39. The Morgan fingerprint density at radius 2 is 1.94 bits per heavy atom. The molecule has 1 N–H and O–H groups in total. The van der Waals surface area contributed by atoms with Crippen LogP contribution in [0.2, 0.25) is 0 Å². The molecule has 34 heavy (non-hydrogen) atoms. The second kappa shape index (κ2) is 9.12. The number of aryl methyl sites for hydroxylation is 1. The van der Waals surface area contributed by atoms with E-state index in [1.165, 1.54) is 29.1 Å². The van der Waals surface area contributed by atoms with E-state index in [1.54, 1.807) is 18.6 Å². The zero-order valence-electron chi connectivity index (χ0n) is 18.5. The molecule has 1 unspecified atom stereocenters. The fourth-order valence-corrected chi connectivity index (χ4v) is 4.32. The highest BCUT2D eigenvalue weighted by Crippen LogP contribution is 2.41. The lowest BCUT2D eigenvalue weighted by atomic mass is 9.79. The maximum Gasteiger partial charge on any atom is 0.252 e. The normalized spacial score (nSPS) is 17.4. The first-order valence-corrected chi connectivity index (χ1v) is 11.1. The zero-order valence-corrected chi connectivity index (χ0v) is 18.5. The average molecular weight is 460 g/mol. The van der Waals surface area contributed by atoms with Gasteiger partial charge in [-0.2, -0.15) is 9.78 Å². The Labute approximate surface area is 194 Å². The Kier molecular flexibility index (Phi) is 5.87. The van der Waals surface area contributed by atoms with Gasteiger partial charge in [0, 0.05) is 18.5 Å². The summed E-state index contributed by atoms with van der Waals surface area (Å²) in [6, 6.07) is 7.35. The SMILES string of the molecule is C[C@H]1CCC(c2ccnc(-n3cnc(CCC=N)n3)n2)c2nnc(-c3c(F)cccc3F)cc21. The second-order valence-electron chi connectivity index (χ2n) is 8.33. The number of fused-ring (bicyclic) bond motifs is 1. The van der Waals surface area contributed by atoms with Gasteiger partial charge in [0.2, 0.25) is 0 Å².